The van der Waals surface area contributed by atoms with Crippen molar-refractivity contribution in [1.29, 1.82) is 0 Å². The summed E-state index contributed by atoms with van der Waals surface area (Å²) in [5.74, 6) is -0.483. The van der Waals surface area contributed by atoms with Crippen LogP contribution >= 0.6 is 0 Å². The Labute approximate surface area is 101 Å². The van der Waals surface area contributed by atoms with Gasteiger partial charge in [-0.2, -0.15) is 0 Å². The molecule has 0 bridgehead atoms. The fourth-order valence-corrected chi connectivity index (χ4v) is 2.90. The molecule has 0 spiro atoms. The Morgan fingerprint density at radius 2 is 1.82 bits per heavy atom. The standard InChI is InChI=1S/C14H18O3/c1-8-7-11(15)9(2)10(3)12(8)14(13(16)17)5-4-6-14/h7,15H,4-6H2,1-3H3,(H,16,17). The van der Waals surface area contributed by atoms with Gasteiger partial charge in [0.25, 0.3) is 0 Å². The second-order valence-corrected chi connectivity index (χ2v) is 5.08. The van der Waals surface area contributed by atoms with Gasteiger partial charge in [-0.3, -0.25) is 4.79 Å². The van der Waals surface area contributed by atoms with Crippen molar-refractivity contribution in [3.8, 4) is 5.75 Å². The van der Waals surface area contributed by atoms with Gasteiger partial charge in [-0.15, -0.1) is 0 Å². The minimum atomic E-state index is -0.736. The monoisotopic (exact) mass is 234 g/mol. The van der Waals surface area contributed by atoms with Crippen LogP contribution in [0, 0.1) is 20.8 Å². The maximum atomic E-state index is 11.5. The summed E-state index contributed by atoms with van der Waals surface area (Å²) in [6.07, 6.45) is 2.37. The average molecular weight is 234 g/mol. The van der Waals surface area contributed by atoms with E-state index in [0.717, 1.165) is 28.7 Å². The van der Waals surface area contributed by atoms with Gasteiger partial charge in [0.15, 0.2) is 0 Å². The summed E-state index contributed by atoms with van der Waals surface area (Å²) in [5, 5.41) is 19.2. The van der Waals surface area contributed by atoms with E-state index >= 15 is 0 Å². The second kappa shape index (κ2) is 3.76. The third-order valence-corrected chi connectivity index (χ3v) is 4.16. The summed E-state index contributed by atoms with van der Waals surface area (Å²) < 4.78 is 0. The van der Waals surface area contributed by atoms with Crippen LogP contribution in [0.15, 0.2) is 6.07 Å². The zero-order valence-corrected chi connectivity index (χ0v) is 10.5. The first kappa shape index (κ1) is 12.0. The van der Waals surface area contributed by atoms with Gasteiger partial charge in [0, 0.05) is 0 Å². The first-order valence-electron chi connectivity index (χ1n) is 5.94. The Bertz CT molecular complexity index is 485. The zero-order chi connectivity index (χ0) is 12.8. The minimum Gasteiger partial charge on any atom is -0.508 e. The van der Waals surface area contributed by atoms with Crippen molar-refractivity contribution < 1.29 is 15.0 Å². The molecular weight excluding hydrogens is 216 g/mol. The van der Waals surface area contributed by atoms with Gasteiger partial charge < -0.3 is 10.2 Å². The van der Waals surface area contributed by atoms with Crippen molar-refractivity contribution in [3.05, 3.63) is 28.3 Å². The van der Waals surface area contributed by atoms with Gasteiger partial charge in [0.2, 0.25) is 0 Å². The van der Waals surface area contributed by atoms with E-state index < -0.39 is 11.4 Å². The average Bonchev–Trinajstić information content (AvgIpc) is 2.17. The Kier molecular flexibility index (Phi) is 2.64. The van der Waals surface area contributed by atoms with E-state index in [4.69, 9.17) is 0 Å². The van der Waals surface area contributed by atoms with Crippen LogP contribution in [-0.4, -0.2) is 16.2 Å². The highest BCUT2D eigenvalue weighted by atomic mass is 16.4. The van der Waals surface area contributed by atoms with Crippen molar-refractivity contribution in [2.24, 2.45) is 0 Å². The smallest absolute Gasteiger partial charge is 0.314 e. The molecule has 0 radical (unpaired) electrons. The fraction of sp³-hybridized carbons (Fsp3) is 0.500. The highest BCUT2D eigenvalue weighted by Crippen LogP contribution is 2.47. The second-order valence-electron chi connectivity index (χ2n) is 5.08. The molecule has 17 heavy (non-hydrogen) atoms. The number of carboxylic acid groups (broad SMARTS) is 1. The molecule has 3 heteroatoms. The van der Waals surface area contributed by atoms with Crippen molar-refractivity contribution in [2.75, 3.05) is 0 Å². The number of carbonyl (C=O) groups is 1. The number of phenols is 1. The van der Waals surface area contributed by atoms with E-state index in [0.29, 0.717) is 12.8 Å². The summed E-state index contributed by atoms with van der Waals surface area (Å²) in [4.78, 5) is 11.5. The zero-order valence-electron chi connectivity index (χ0n) is 10.5. The Morgan fingerprint density at radius 3 is 2.24 bits per heavy atom. The van der Waals surface area contributed by atoms with Crippen molar-refractivity contribution >= 4 is 5.97 Å². The number of aliphatic carboxylic acids is 1. The molecule has 92 valence electrons. The number of benzene rings is 1. The molecule has 2 N–H and O–H groups in total. The molecule has 1 fully saturated rings. The minimum absolute atomic E-state index is 0.253. The van der Waals surface area contributed by atoms with Crippen LogP contribution in [-0.2, 0) is 10.2 Å². The predicted octanol–water partition coefficient (Wildman–Crippen LogP) is 2.82. The quantitative estimate of drug-likeness (QED) is 0.827. The third kappa shape index (κ3) is 1.53. The van der Waals surface area contributed by atoms with Crippen LogP contribution in [0.25, 0.3) is 0 Å². The number of carboxylic acids is 1. The lowest BCUT2D eigenvalue weighted by atomic mass is 9.62. The number of rotatable bonds is 2. The van der Waals surface area contributed by atoms with Crippen LogP contribution in [0.4, 0.5) is 0 Å². The molecule has 0 heterocycles. The van der Waals surface area contributed by atoms with Crippen LogP contribution in [0.5, 0.6) is 5.75 Å². The van der Waals surface area contributed by atoms with Crippen molar-refractivity contribution in [2.45, 2.75) is 45.4 Å². The molecule has 0 atom stereocenters. The summed E-state index contributed by atoms with van der Waals surface area (Å²) in [5.41, 5.74) is 2.79. The highest BCUT2D eigenvalue weighted by molar-refractivity contribution is 5.84. The lowest BCUT2D eigenvalue weighted by Crippen LogP contribution is -2.43. The largest absolute Gasteiger partial charge is 0.508 e. The van der Waals surface area contributed by atoms with E-state index in [1.54, 1.807) is 6.07 Å². The van der Waals surface area contributed by atoms with Gasteiger partial charge in [-0.25, -0.2) is 0 Å². The number of aromatic hydroxyl groups is 1. The predicted molar refractivity (Wildman–Crippen MR) is 65.5 cm³/mol. The van der Waals surface area contributed by atoms with E-state index in [9.17, 15) is 15.0 Å². The van der Waals surface area contributed by atoms with Crippen molar-refractivity contribution in [3.63, 3.8) is 0 Å². The molecule has 0 unspecified atom stereocenters. The lowest BCUT2D eigenvalue weighted by molar-refractivity contribution is -0.147. The molecule has 1 saturated carbocycles. The van der Waals surface area contributed by atoms with Gasteiger partial charge in [0.1, 0.15) is 5.75 Å². The lowest BCUT2D eigenvalue weighted by Gasteiger charge is -2.40. The molecule has 0 amide bonds. The maximum Gasteiger partial charge on any atom is 0.314 e. The highest BCUT2D eigenvalue weighted by Gasteiger charge is 2.47. The van der Waals surface area contributed by atoms with Gasteiger partial charge in [-0.1, -0.05) is 6.42 Å². The van der Waals surface area contributed by atoms with Crippen LogP contribution in [0.1, 0.15) is 41.5 Å². The number of phenolic OH excluding ortho intramolecular Hbond substituents is 1. The van der Waals surface area contributed by atoms with Crippen LogP contribution in [0.2, 0.25) is 0 Å². The van der Waals surface area contributed by atoms with E-state index in [1.165, 1.54) is 0 Å². The van der Waals surface area contributed by atoms with Crippen molar-refractivity contribution in [1.82, 2.24) is 0 Å². The normalized spacial score (nSPS) is 17.6. The molecule has 1 aliphatic rings. The first-order chi connectivity index (χ1) is 7.90. The van der Waals surface area contributed by atoms with E-state index in [1.807, 2.05) is 20.8 Å². The van der Waals surface area contributed by atoms with Gasteiger partial charge in [0.05, 0.1) is 5.41 Å². The Hall–Kier alpha value is -1.51. The molecule has 0 aliphatic heterocycles. The Balaban J connectivity index is 2.67. The summed E-state index contributed by atoms with van der Waals surface area (Å²) >= 11 is 0. The third-order valence-electron chi connectivity index (χ3n) is 4.16. The number of hydrogen-bond donors (Lipinski definition) is 2. The summed E-state index contributed by atoms with van der Waals surface area (Å²) in [7, 11) is 0. The van der Waals surface area contributed by atoms with Gasteiger partial charge in [-0.05, 0) is 61.9 Å². The molecule has 1 aliphatic carbocycles. The maximum absolute atomic E-state index is 11.5. The first-order valence-corrected chi connectivity index (χ1v) is 5.94. The molecule has 3 nitrogen and oxygen atoms in total. The summed E-state index contributed by atoms with van der Waals surface area (Å²) in [6, 6.07) is 1.68. The number of hydrogen-bond acceptors (Lipinski definition) is 2. The van der Waals surface area contributed by atoms with Crippen LogP contribution < -0.4 is 0 Å². The molecule has 0 aromatic heterocycles. The molecule has 0 saturated heterocycles. The van der Waals surface area contributed by atoms with E-state index in [2.05, 4.69) is 0 Å². The summed E-state index contributed by atoms with van der Waals surface area (Å²) in [6.45, 7) is 5.62. The molecular formula is C14H18O3. The van der Waals surface area contributed by atoms with Crippen LogP contribution in [0.3, 0.4) is 0 Å². The molecule has 1 aromatic carbocycles. The van der Waals surface area contributed by atoms with E-state index in [-0.39, 0.29) is 5.75 Å². The number of aryl methyl sites for hydroxylation is 1. The van der Waals surface area contributed by atoms with Gasteiger partial charge >= 0.3 is 5.97 Å². The molecule has 2 rings (SSSR count). The Morgan fingerprint density at radius 1 is 1.24 bits per heavy atom. The fourth-order valence-electron chi connectivity index (χ4n) is 2.90. The SMILES string of the molecule is Cc1cc(O)c(C)c(C)c1C1(C(=O)O)CCC1. The topological polar surface area (TPSA) is 57.5 Å². The molecule has 1 aromatic rings.